The predicted octanol–water partition coefficient (Wildman–Crippen LogP) is 2.07. The molecule has 0 aromatic rings. The summed E-state index contributed by atoms with van der Waals surface area (Å²) >= 11 is 0. The summed E-state index contributed by atoms with van der Waals surface area (Å²) in [5.41, 5.74) is 2.86. The second-order valence-corrected chi connectivity index (χ2v) is 4.01. The summed E-state index contributed by atoms with van der Waals surface area (Å²) in [6, 6.07) is 0.404. The van der Waals surface area contributed by atoms with E-state index in [9.17, 15) is 0 Å². The lowest BCUT2D eigenvalue weighted by molar-refractivity contribution is 0.122. The first kappa shape index (κ1) is 13.9. The zero-order valence-corrected chi connectivity index (χ0v) is 9.88. The third-order valence-electron chi connectivity index (χ3n) is 2.58. The Hall–Kier alpha value is -0.120. The lowest BCUT2D eigenvalue weighted by Crippen LogP contribution is -2.37. The number of ether oxygens (including phenoxy) is 1. The van der Waals surface area contributed by atoms with Crippen molar-refractivity contribution >= 4 is 0 Å². The summed E-state index contributed by atoms with van der Waals surface area (Å²) in [7, 11) is 0. The molecule has 0 heterocycles. The van der Waals surface area contributed by atoms with Gasteiger partial charge in [-0.1, -0.05) is 27.2 Å². The Bertz CT molecular complexity index is 120. The molecule has 0 amide bonds. The summed E-state index contributed by atoms with van der Waals surface area (Å²) in [6.45, 7) is 8.28. The van der Waals surface area contributed by atoms with Gasteiger partial charge in [0.15, 0.2) is 0 Å². The Balaban J connectivity index is 3.47. The Labute approximate surface area is 88.4 Å². The van der Waals surface area contributed by atoms with Crippen LogP contribution in [0.4, 0.5) is 0 Å². The van der Waals surface area contributed by atoms with Crippen molar-refractivity contribution in [3.05, 3.63) is 0 Å². The van der Waals surface area contributed by atoms with Crippen LogP contribution in [-0.2, 0) is 4.74 Å². The van der Waals surface area contributed by atoms with E-state index in [1.807, 2.05) is 0 Å². The van der Waals surface area contributed by atoms with E-state index in [1.54, 1.807) is 0 Å². The van der Waals surface area contributed by atoms with Crippen LogP contribution in [0.1, 0.15) is 46.5 Å². The summed E-state index contributed by atoms with van der Waals surface area (Å²) < 4.78 is 5.43. The molecule has 0 spiro atoms. The molecule has 3 N–H and O–H groups in total. The van der Waals surface area contributed by atoms with Crippen molar-refractivity contribution in [1.82, 2.24) is 5.43 Å². The van der Waals surface area contributed by atoms with E-state index in [0.29, 0.717) is 6.04 Å². The maximum absolute atomic E-state index is 5.48. The molecule has 0 aliphatic carbocycles. The summed E-state index contributed by atoms with van der Waals surface area (Å²) in [5.74, 6) is 6.22. The van der Waals surface area contributed by atoms with Gasteiger partial charge in [0.25, 0.3) is 0 Å². The van der Waals surface area contributed by atoms with E-state index in [2.05, 4.69) is 26.2 Å². The maximum atomic E-state index is 5.48. The third kappa shape index (κ3) is 7.30. The molecule has 2 atom stereocenters. The normalized spacial score (nSPS) is 15.4. The van der Waals surface area contributed by atoms with Crippen molar-refractivity contribution in [2.24, 2.45) is 11.8 Å². The van der Waals surface area contributed by atoms with Crippen LogP contribution >= 0.6 is 0 Å². The van der Waals surface area contributed by atoms with E-state index in [-0.39, 0.29) is 0 Å². The SMILES string of the molecule is CCCOCCC(CC(C)CC)NN. The molecule has 0 aromatic carbocycles. The molecule has 0 rings (SSSR count). The van der Waals surface area contributed by atoms with Gasteiger partial charge in [-0.2, -0.15) is 0 Å². The van der Waals surface area contributed by atoms with Crippen LogP contribution in [0.25, 0.3) is 0 Å². The van der Waals surface area contributed by atoms with Gasteiger partial charge in [0.2, 0.25) is 0 Å². The molecule has 0 aliphatic rings. The fraction of sp³-hybridized carbons (Fsp3) is 1.00. The molecule has 0 radical (unpaired) electrons. The average Bonchev–Trinajstić information content (AvgIpc) is 2.22. The average molecular weight is 202 g/mol. The van der Waals surface area contributed by atoms with Gasteiger partial charge in [0.05, 0.1) is 0 Å². The fourth-order valence-corrected chi connectivity index (χ4v) is 1.39. The number of hydrogen-bond donors (Lipinski definition) is 2. The molecule has 14 heavy (non-hydrogen) atoms. The summed E-state index contributed by atoms with van der Waals surface area (Å²) in [6.07, 6.45) is 4.46. The number of hydrogen-bond acceptors (Lipinski definition) is 3. The molecule has 0 fully saturated rings. The van der Waals surface area contributed by atoms with Gasteiger partial charge in [0.1, 0.15) is 0 Å². The second kappa shape index (κ2) is 9.44. The third-order valence-corrected chi connectivity index (χ3v) is 2.58. The van der Waals surface area contributed by atoms with Crippen molar-refractivity contribution in [3.63, 3.8) is 0 Å². The van der Waals surface area contributed by atoms with Crippen LogP contribution in [-0.4, -0.2) is 19.3 Å². The van der Waals surface area contributed by atoms with Gasteiger partial charge < -0.3 is 4.74 Å². The van der Waals surface area contributed by atoms with Crippen molar-refractivity contribution in [1.29, 1.82) is 0 Å². The van der Waals surface area contributed by atoms with Gasteiger partial charge in [0, 0.05) is 19.3 Å². The van der Waals surface area contributed by atoms with Gasteiger partial charge in [-0.3, -0.25) is 11.3 Å². The highest BCUT2D eigenvalue weighted by Gasteiger charge is 2.10. The molecule has 0 saturated carbocycles. The van der Waals surface area contributed by atoms with Gasteiger partial charge >= 0.3 is 0 Å². The van der Waals surface area contributed by atoms with Crippen LogP contribution in [0.15, 0.2) is 0 Å². The van der Waals surface area contributed by atoms with Crippen molar-refractivity contribution < 1.29 is 4.74 Å². The lowest BCUT2D eigenvalue weighted by atomic mass is 9.98. The van der Waals surface area contributed by atoms with Crippen molar-refractivity contribution in [3.8, 4) is 0 Å². The van der Waals surface area contributed by atoms with Crippen molar-refractivity contribution in [2.45, 2.75) is 52.5 Å². The molecule has 0 aromatic heterocycles. The second-order valence-electron chi connectivity index (χ2n) is 4.01. The number of nitrogens with one attached hydrogen (secondary N) is 1. The smallest absolute Gasteiger partial charge is 0.0481 e. The minimum absolute atomic E-state index is 0.404. The number of nitrogens with two attached hydrogens (primary N) is 1. The highest BCUT2D eigenvalue weighted by Crippen LogP contribution is 2.11. The summed E-state index contributed by atoms with van der Waals surface area (Å²) in [4.78, 5) is 0. The van der Waals surface area contributed by atoms with E-state index in [1.165, 1.54) is 6.42 Å². The zero-order chi connectivity index (χ0) is 10.8. The molecule has 3 heteroatoms. The molecule has 3 nitrogen and oxygen atoms in total. The molecule has 0 aliphatic heterocycles. The predicted molar refractivity (Wildman–Crippen MR) is 60.9 cm³/mol. The van der Waals surface area contributed by atoms with Gasteiger partial charge in [-0.05, 0) is 25.2 Å². The first-order valence-electron chi connectivity index (χ1n) is 5.78. The highest BCUT2D eigenvalue weighted by molar-refractivity contribution is 4.66. The zero-order valence-electron chi connectivity index (χ0n) is 9.88. The van der Waals surface area contributed by atoms with Crippen LogP contribution < -0.4 is 11.3 Å². The Morgan fingerprint density at radius 2 is 2.00 bits per heavy atom. The molecule has 0 saturated heterocycles. The first-order valence-corrected chi connectivity index (χ1v) is 5.78. The monoisotopic (exact) mass is 202 g/mol. The van der Waals surface area contributed by atoms with E-state index in [0.717, 1.165) is 38.4 Å². The van der Waals surface area contributed by atoms with Crippen LogP contribution in [0, 0.1) is 5.92 Å². The molecular formula is C11H26N2O. The summed E-state index contributed by atoms with van der Waals surface area (Å²) in [5, 5.41) is 0. The molecule has 2 unspecified atom stereocenters. The Morgan fingerprint density at radius 1 is 1.29 bits per heavy atom. The minimum Gasteiger partial charge on any atom is -0.381 e. The minimum atomic E-state index is 0.404. The van der Waals surface area contributed by atoms with Crippen LogP contribution in [0.2, 0.25) is 0 Å². The topological polar surface area (TPSA) is 47.3 Å². The van der Waals surface area contributed by atoms with E-state index >= 15 is 0 Å². The Morgan fingerprint density at radius 3 is 2.50 bits per heavy atom. The Kier molecular flexibility index (Phi) is 9.35. The van der Waals surface area contributed by atoms with E-state index < -0.39 is 0 Å². The molecule has 0 bridgehead atoms. The fourth-order valence-electron chi connectivity index (χ4n) is 1.39. The highest BCUT2D eigenvalue weighted by atomic mass is 16.5. The first-order chi connectivity index (χ1) is 6.74. The van der Waals surface area contributed by atoms with E-state index in [4.69, 9.17) is 10.6 Å². The molecular weight excluding hydrogens is 176 g/mol. The van der Waals surface area contributed by atoms with Crippen LogP contribution in [0.3, 0.4) is 0 Å². The molecule has 86 valence electrons. The largest absolute Gasteiger partial charge is 0.381 e. The standard InChI is InChI=1S/C11H26N2O/c1-4-7-14-8-6-11(13-12)9-10(3)5-2/h10-11,13H,4-9,12H2,1-3H3. The van der Waals surface area contributed by atoms with Gasteiger partial charge in [-0.15, -0.1) is 0 Å². The number of hydrazine groups is 1. The number of rotatable bonds is 9. The van der Waals surface area contributed by atoms with Crippen LogP contribution in [0.5, 0.6) is 0 Å². The van der Waals surface area contributed by atoms with Gasteiger partial charge in [-0.25, -0.2) is 0 Å². The quantitative estimate of drug-likeness (QED) is 0.342. The van der Waals surface area contributed by atoms with Crippen molar-refractivity contribution in [2.75, 3.05) is 13.2 Å². The lowest BCUT2D eigenvalue weighted by Gasteiger charge is -2.19. The maximum Gasteiger partial charge on any atom is 0.0481 e.